The zero-order valence-electron chi connectivity index (χ0n) is 11.7. The fraction of sp³-hybridized carbons (Fsp3) is 0.647. The molecule has 1 N–H and O–H groups in total. The van der Waals surface area contributed by atoms with E-state index < -0.39 is 0 Å². The fourth-order valence-corrected chi connectivity index (χ4v) is 3.78. The van der Waals surface area contributed by atoms with Crippen molar-refractivity contribution >= 4 is 0 Å². The summed E-state index contributed by atoms with van der Waals surface area (Å²) in [5, 5.41) is 10.2. The number of hydrogen-bond acceptors (Lipinski definition) is 2. The third-order valence-electron chi connectivity index (χ3n) is 4.92. The molecule has 2 bridgehead atoms. The van der Waals surface area contributed by atoms with Gasteiger partial charge in [-0.3, -0.25) is 0 Å². The number of hydrogen-bond donors (Lipinski definition) is 1. The van der Waals surface area contributed by atoms with Crippen LogP contribution in [0.5, 0.6) is 0 Å². The minimum Gasteiger partial charge on any atom is -0.388 e. The Kier molecular flexibility index (Phi) is 4.19. The van der Waals surface area contributed by atoms with Crippen LogP contribution in [0.25, 0.3) is 0 Å². The molecule has 1 heterocycles. The van der Waals surface area contributed by atoms with Crippen LogP contribution in [0.3, 0.4) is 0 Å². The molecule has 0 spiro atoms. The lowest BCUT2D eigenvalue weighted by Gasteiger charge is -2.25. The molecule has 0 aromatic heterocycles. The predicted octanol–water partition coefficient (Wildman–Crippen LogP) is 3.23. The second kappa shape index (κ2) is 6.06. The van der Waals surface area contributed by atoms with Gasteiger partial charge >= 0.3 is 0 Å². The van der Waals surface area contributed by atoms with Crippen LogP contribution in [0.4, 0.5) is 0 Å². The lowest BCUT2D eigenvalue weighted by molar-refractivity contribution is 0.136. The van der Waals surface area contributed by atoms with Crippen molar-refractivity contribution in [2.45, 2.75) is 38.2 Å². The molecule has 19 heavy (non-hydrogen) atoms. The molecule has 1 aromatic rings. The van der Waals surface area contributed by atoms with Gasteiger partial charge in [0.15, 0.2) is 0 Å². The average Bonchev–Trinajstić information content (AvgIpc) is 2.78. The quantitative estimate of drug-likeness (QED) is 0.897. The van der Waals surface area contributed by atoms with Crippen molar-refractivity contribution in [1.29, 1.82) is 0 Å². The van der Waals surface area contributed by atoms with Crippen LogP contribution in [0.2, 0.25) is 0 Å². The van der Waals surface area contributed by atoms with Gasteiger partial charge in [0.25, 0.3) is 0 Å². The second-order valence-corrected chi connectivity index (χ2v) is 6.35. The maximum Gasteiger partial charge on any atom is 0.0802 e. The molecule has 2 aliphatic rings. The normalized spacial score (nSPS) is 29.1. The zero-order chi connectivity index (χ0) is 13.1. The monoisotopic (exact) mass is 259 g/mol. The van der Waals surface area contributed by atoms with E-state index in [9.17, 15) is 5.11 Å². The predicted molar refractivity (Wildman–Crippen MR) is 77.9 cm³/mol. The summed E-state index contributed by atoms with van der Waals surface area (Å²) < 4.78 is 0. The topological polar surface area (TPSA) is 23.5 Å². The van der Waals surface area contributed by atoms with Gasteiger partial charge in [-0.1, -0.05) is 36.8 Å². The molecule has 1 aromatic carbocycles. The molecule has 3 rings (SSSR count). The summed E-state index contributed by atoms with van der Waals surface area (Å²) in [6, 6.07) is 10.1. The summed E-state index contributed by atoms with van der Waals surface area (Å²) in [4.78, 5) is 2.58. The Hall–Kier alpha value is -0.860. The van der Waals surface area contributed by atoms with Gasteiger partial charge in [-0.2, -0.15) is 0 Å². The lowest BCUT2D eigenvalue weighted by atomic mass is 10.0. The van der Waals surface area contributed by atoms with Gasteiger partial charge in [0.1, 0.15) is 0 Å². The van der Waals surface area contributed by atoms with E-state index in [1.165, 1.54) is 38.8 Å². The summed E-state index contributed by atoms with van der Waals surface area (Å²) in [7, 11) is 0. The van der Waals surface area contributed by atoms with Crippen LogP contribution >= 0.6 is 0 Å². The van der Waals surface area contributed by atoms with E-state index >= 15 is 0 Å². The molecular weight excluding hydrogens is 234 g/mol. The van der Waals surface area contributed by atoms with Gasteiger partial charge in [-0.15, -0.1) is 0 Å². The van der Waals surface area contributed by atoms with Crippen molar-refractivity contribution in [2.24, 2.45) is 11.8 Å². The fourth-order valence-electron chi connectivity index (χ4n) is 3.78. The second-order valence-electron chi connectivity index (χ2n) is 6.35. The third-order valence-corrected chi connectivity index (χ3v) is 4.92. The highest BCUT2D eigenvalue weighted by molar-refractivity contribution is 5.17. The van der Waals surface area contributed by atoms with Crippen molar-refractivity contribution in [3.05, 3.63) is 35.9 Å². The summed E-state index contributed by atoms with van der Waals surface area (Å²) in [6.45, 7) is 3.54. The number of aliphatic hydroxyl groups is 1. The van der Waals surface area contributed by atoms with E-state index in [2.05, 4.69) is 4.90 Å². The van der Waals surface area contributed by atoms with Gasteiger partial charge in [-0.05, 0) is 49.6 Å². The third kappa shape index (κ3) is 3.37. The molecule has 1 saturated heterocycles. The van der Waals surface area contributed by atoms with Crippen LogP contribution in [0.1, 0.15) is 43.8 Å². The largest absolute Gasteiger partial charge is 0.388 e. The number of nitrogens with zero attached hydrogens (tertiary/aromatic N) is 1. The Balaban J connectivity index is 1.49. The molecule has 2 fully saturated rings. The highest BCUT2D eigenvalue weighted by atomic mass is 16.3. The molecule has 2 nitrogen and oxygen atoms in total. The van der Waals surface area contributed by atoms with Crippen molar-refractivity contribution in [3.63, 3.8) is 0 Å². The van der Waals surface area contributed by atoms with E-state index in [-0.39, 0.29) is 6.10 Å². The Morgan fingerprint density at radius 2 is 1.89 bits per heavy atom. The minimum absolute atomic E-state index is 0.304. The Bertz CT molecular complexity index is 392. The van der Waals surface area contributed by atoms with Crippen molar-refractivity contribution < 1.29 is 5.11 Å². The summed E-state index contributed by atoms with van der Waals surface area (Å²) in [6.07, 6.45) is 6.28. The highest BCUT2D eigenvalue weighted by Gasteiger charge is 2.29. The lowest BCUT2D eigenvalue weighted by Crippen LogP contribution is -2.30. The number of aliphatic hydroxyl groups excluding tert-OH is 1. The average molecular weight is 259 g/mol. The first kappa shape index (κ1) is 13.1. The molecule has 0 radical (unpaired) electrons. The number of benzene rings is 1. The number of fused-ring (bicyclic) bond motifs is 2. The Labute approximate surface area is 116 Å². The standard InChI is InChI=1S/C17H25NO/c19-17(16-4-2-1-3-5-16)9-11-18-10-8-14-6-7-15(12-14)13-18/h1-5,14-15,17,19H,6-13H2/t14-,15-,17+/m0/s1. The SMILES string of the molecule is O[C@H](CCN1CC[C@@H]2CC[C@@H](C2)C1)c1ccccc1. The molecule has 2 heteroatoms. The van der Waals surface area contributed by atoms with Gasteiger partial charge in [0.05, 0.1) is 6.10 Å². The van der Waals surface area contributed by atoms with Crippen molar-refractivity contribution in [3.8, 4) is 0 Å². The van der Waals surface area contributed by atoms with Crippen LogP contribution in [0.15, 0.2) is 30.3 Å². The minimum atomic E-state index is -0.304. The maximum atomic E-state index is 10.2. The first-order chi connectivity index (χ1) is 9.31. The molecule has 1 aliphatic carbocycles. The molecule has 3 atom stereocenters. The molecule has 1 aliphatic heterocycles. The van der Waals surface area contributed by atoms with E-state index in [4.69, 9.17) is 0 Å². The maximum absolute atomic E-state index is 10.2. The summed E-state index contributed by atoms with van der Waals surface area (Å²) in [5.41, 5.74) is 1.05. The molecule has 0 amide bonds. The zero-order valence-corrected chi connectivity index (χ0v) is 11.7. The van der Waals surface area contributed by atoms with Gasteiger partial charge in [0.2, 0.25) is 0 Å². The van der Waals surface area contributed by atoms with Crippen LogP contribution in [-0.2, 0) is 0 Å². The summed E-state index contributed by atoms with van der Waals surface area (Å²) >= 11 is 0. The van der Waals surface area contributed by atoms with E-state index in [0.29, 0.717) is 0 Å². The van der Waals surface area contributed by atoms with Crippen LogP contribution < -0.4 is 0 Å². The molecule has 0 unspecified atom stereocenters. The first-order valence-corrected chi connectivity index (χ1v) is 7.76. The molecular formula is C17H25NO. The molecule has 104 valence electrons. The smallest absolute Gasteiger partial charge is 0.0802 e. The Morgan fingerprint density at radius 1 is 1.11 bits per heavy atom. The summed E-state index contributed by atoms with van der Waals surface area (Å²) in [5.74, 6) is 1.93. The van der Waals surface area contributed by atoms with Crippen molar-refractivity contribution in [1.82, 2.24) is 4.90 Å². The first-order valence-electron chi connectivity index (χ1n) is 7.76. The van der Waals surface area contributed by atoms with E-state index in [1.54, 1.807) is 0 Å². The number of likely N-dealkylation sites (tertiary alicyclic amines) is 1. The molecule has 1 saturated carbocycles. The highest BCUT2D eigenvalue weighted by Crippen LogP contribution is 2.36. The van der Waals surface area contributed by atoms with E-state index in [0.717, 1.165) is 30.4 Å². The number of rotatable bonds is 4. The Morgan fingerprint density at radius 3 is 2.74 bits per heavy atom. The van der Waals surface area contributed by atoms with Gasteiger partial charge in [-0.25, -0.2) is 0 Å². The van der Waals surface area contributed by atoms with Gasteiger partial charge in [0, 0.05) is 13.1 Å². The van der Waals surface area contributed by atoms with Gasteiger partial charge < -0.3 is 10.0 Å². The van der Waals surface area contributed by atoms with Crippen molar-refractivity contribution in [2.75, 3.05) is 19.6 Å². The van der Waals surface area contributed by atoms with Crippen LogP contribution in [0, 0.1) is 11.8 Å². The van der Waals surface area contributed by atoms with Crippen LogP contribution in [-0.4, -0.2) is 29.6 Å². The van der Waals surface area contributed by atoms with E-state index in [1.807, 2.05) is 30.3 Å².